The normalized spacial score (nSPS) is 21.4. The number of rotatable bonds is 10. The van der Waals surface area contributed by atoms with Gasteiger partial charge in [0.15, 0.2) is 17.3 Å². The van der Waals surface area contributed by atoms with Crippen molar-refractivity contribution in [3.8, 4) is 11.5 Å². The van der Waals surface area contributed by atoms with E-state index in [0.717, 1.165) is 42.3 Å². The average molecular weight is 511 g/mol. The van der Waals surface area contributed by atoms with Gasteiger partial charge in [-0.25, -0.2) is 0 Å². The van der Waals surface area contributed by atoms with Gasteiger partial charge in [0, 0.05) is 45.1 Å². The van der Waals surface area contributed by atoms with E-state index in [0.29, 0.717) is 38.5 Å². The van der Waals surface area contributed by atoms with E-state index in [1.54, 1.807) is 0 Å². The first-order valence-electron chi connectivity index (χ1n) is 12.8. The number of allylic oxidation sites excluding steroid dienone is 1. The lowest BCUT2D eigenvalue weighted by molar-refractivity contribution is -0.157. The van der Waals surface area contributed by atoms with Gasteiger partial charge >= 0.3 is 0 Å². The van der Waals surface area contributed by atoms with Crippen molar-refractivity contribution in [1.29, 1.82) is 0 Å². The van der Waals surface area contributed by atoms with Crippen LogP contribution in [-0.2, 0) is 25.5 Å². The maximum Gasteiger partial charge on any atom is 0.288 e. The molecule has 2 aromatic rings. The van der Waals surface area contributed by atoms with E-state index in [4.69, 9.17) is 28.8 Å². The monoisotopic (exact) mass is 510 g/mol. The summed E-state index contributed by atoms with van der Waals surface area (Å²) in [5, 5.41) is 8.87. The number of amides is 1. The fourth-order valence-electron chi connectivity index (χ4n) is 4.81. The van der Waals surface area contributed by atoms with Crippen molar-refractivity contribution >= 4 is 5.91 Å². The van der Waals surface area contributed by atoms with Crippen LogP contribution in [0.3, 0.4) is 0 Å². The van der Waals surface area contributed by atoms with Crippen LogP contribution in [0.2, 0.25) is 0 Å². The van der Waals surface area contributed by atoms with Crippen LogP contribution in [0, 0.1) is 0 Å². The molecule has 0 bridgehead atoms. The second-order valence-electron chi connectivity index (χ2n) is 9.29. The first-order chi connectivity index (χ1) is 18.2. The Balaban J connectivity index is 1.18. The predicted octanol–water partition coefficient (Wildman–Crippen LogP) is 2.50. The number of carbonyl (C=O) groups excluding carboxylic acids is 1. The summed E-state index contributed by atoms with van der Waals surface area (Å²) in [6.07, 6.45) is 2.00. The topological polar surface area (TPSA) is 89.9 Å². The van der Waals surface area contributed by atoms with E-state index in [2.05, 4.69) is 23.1 Å². The van der Waals surface area contributed by atoms with Gasteiger partial charge in [-0.1, -0.05) is 36.4 Å². The second kappa shape index (κ2) is 12.4. The first-order valence-corrected chi connectivity index (χ1v) is 12.8. The van der Waals surface area contributed by atoms with Crippen molar-refractivity contribution in [2.75, 3.05) is 59.4 Å². The summed E-state index contributed by atoms with van der Waals surface area (Å²) in [5.74, 6) is 1.83. The third kappa shape index (κ3) is 6.61. The van der Waals surface area contributed by atoms with Crippen LogP contribution in [0.4, 0.5) is 0 Å². The number of hydrogen-bond acceptors (Lipinski definition) is 8. The Labute approximate surface area is 217 Å². The molecule has 1 fully saturated rings. The Morgan fingerprint density at radius 2 is 1.78 bits per heavy atom. The van der Waals surface area contributed by atoms with E-state index in [1.807, 2.05) is 41.3 Å². The molecule has 3 aliphatic rings. The van der Waals surface area contributed by atoms with Gasteiger partial charge in [-0.3, -0.25) is 9.69 Å². The molecule has 0 aromatic heterocycles. The number of ether oxygens (including phenoxy) is 5. The summed E-state index contributed by atoms with van der Waals surface area (Å²) >= 11 is 0. The largest absolute Gasteiger partial charge is 0.459 e. The highest BCUT2D eigenvalue weighted by atomic mass is 16.7. The zero-order valence-corrected chi connectivity index (χ0v) is 20.9. The molecule has 198 valence electrons. The molecule has 0 saturated carbocycles. The maximum atomic E-state index is 13.5. The molecule has 1 N–H and O–H groups in total. The van der Waals surface area contributed by atoms with E-state index in [-0.39, 0.29) is 31.8 Å². The number of aliphatic hydroxyl groups is 1. The van der Waals surface area contributed by atoms with Gasteiger partial charge in [0.05, 0.1) is 26.4 Å². The summed E-state index contributed by atoms with van der Waals surface area (Å²) in [6, 6.07) is 16.1. The van der Waals surface area contributed by atoms with Crippen LogP contribution in [0.25, 0.3) is 0 Å². The van der Waals surface area contributed by atoms with Crippen molar-refractivity contribution in [3.63, 3.8) is 0 Å². The lowest BCUT2D eigenvalue weighted by Gasteiger charge is -2.36. The number of aliphatic hydroxyl groups excluding tert-OH is 1. The third-order valence-electron chi connectivity index (χ3n) is 6.77. The SMILES string of the molecule is O=C(C1=CC(c2ccccc2)CC(OCCOCCO)O1)N1CCN(Cc2ccc3c(c2)OCO3)CC1. The zero-order chi connectivity index (χ0) is 25.5. The van der Waals surface area contributed by atoms with Crippen LogP contribution in [0.15, 0.2) is 60.4 Å². The molecule has 0 spiro atoms. The van der Waals surface area contributed by atoms with Crippen LogP contribution in [0.5, 0.6) is 11.5 Å². The van der Waals surface area contributed by atoms with Gasteiger partial charge in [0.2, 0.25) is 13.1 Å². The number of fused-ring (bicyclic) bond motifs is 1. The van der Waals surface area contributed by atoms with Crippen LogP contribution in [0.1, 0.15) is 23.5 Å². The lowest BCUT2D eigenvalue weighted by Crippen LogP contribution is -2.49. The maximum absolute atomic E-state index is 13.5. The molecule has 2 aromatic carbocycles. The molecule has 0 radical (unpaired) electrons. The lowest BCUT2D eigenvalue weighted by atomic mass is 9.93. The number of hydrogen-bond donors (Lipinski definition) is 1. The van der Waals surface area contributed by atoms with Crippen LogP contribution < -0.4 is 9.47 Å². The average Bonchev–Trinajstić information content (AvgIpc) is 3.41. The van der Waals surface area contributed by atoms with Gasteiger partial charge in [-0.15, -0.1) is 0 Å². The standard InChI is InChI=1S/C28H34N2O7/c31-12-13-33-14-15-34-27-18-23(22-4-2-1-3-5-22)17-26(37-27)28(32)30-10-8-29(9-11-30)19-21-6-7-24-25(16-21)36-20-35-24/h1-7,16-17,23,27,31H,8-15,18-20H2. The highest BCUT2D eigenvalue weighted by Crippen LogP contribution is 2.34. The van der Waals surface area contributed by atoms with E-state index >= 15 is 0 Å². The van der Waals surface area contributed by atoms with Gasteiger partial charge in [0.25, 0.3) is 5.91 Å². The molecule has 1 saturated heterocycles. The molecule has 2 atom stereocenters. The molecule has 9 nitrogen and oxygen atoms in total. The number of piperazine rings is 1. The highest BCUT2D eigenvalue weighted by molar-refractivity contribution is 5.92. The predicted molar refractivity (Wildman–Crippen MR) is 135 cm³/mol. The van der Waals surface area contributed by atoms with Gasteiger partial charge in [-0.2, -0.15) is 0 Å². The Morgan fingerprint density at radius 3 is 2.59 bits per heavy atom. The van der Waals surface area contributed by atoms with Gasteiger partial charge in [0.1, 0.15) is 0 Å². The fraction of sp³-hybridized carbons (Fsp3) is 0.464. The molecule has 9 heteroatoms. The third-order valence-corrected chi connectivity index (χ3v) is 6.77. The summed E-state index contributed by atoms with van der Waals surface area (Å²) < 4.78 is 28.1. The highest BCUT2D eigenvalue weighted by Gasteiger charge is 2.32. The van der Waals surface area contributed by atoms with Crippen molar-refractivity contribution in [2.24, 2.45) is 0 Å². The summed E-state index contributed by atoms with van der Waals surface area (Å²) in [4.78, 5) is 17.7. The molecule has 37 heavy (non-hydrogen) atoms. The van der Waals surface area contributed by atoms with Crippen molar-refractivity contribution in [2.45, 2.75) is 25.2 Å². The molecule has 2 unspecified atom stereocenters. The molecule has 0 aliphatic carbocycles. The van der Waals surface area contributed by atoms with Gasteiger partial charge < -0.3 is 33.7 Å². The molecular formula is C28H34N2O7. The minimum absolute atomic E-state index is 0.0181. The van der Waals surface area contributed by atoms with Crippen molar-refractivity contribution < 1.29 is 33.6 Å². The Bertz CT molecular complexity index is 1070. The van der Waals surface area contributed by atoms with Crippen molar-refractivity contribution in [3.05, 3.63) is 71.5 Å². The zero-order valence-electron chi connectivity index (χ0n) is 20.9. The Hall–Kier alpha value is -3.11. The number of nitrogens with zero attached hydrogens (tertiary/aromatic N) is 2. The second-order valence-corrected chi connectivity index (χ2v) is 9.29. The minimum Gasteiger partial charge on any atom is -0.459 e. The Morgan fingerprint density at radius 1 is 0.973 bits per heavy atom. The molecule has 3 heterocycles. The van der Waals surface area contributed by atoms with Crippen molar-refractivity contribution in [1.82, 2.24) is 9.80 Å². The first kappa shape index (κ1) is 25.5. The number of carbonyl (C=O) groups is 1. The molecule has 1 amide bonds. The molecule has 5 rings (SSSR count). The molecule has 3 aliphatic heterocycles. The van der Waals surface area contributed by atoms with E-state index in [1.165, 1.54) is 0 Å². The Kier molecular flexibility index (Phi) is 8.57. The van der Waals surface area contributed by atoms with Gasteiger partial charge in [-0.05, 0) is 29.3 Å². The minimum atomic E-state index is -0.542. The molecular weight excluding hydrogens is 476 g/mol. The number of benzene rings is 2. The fourth-order valence-corrected chi connectivity index (χ4v) is 4.81. The van der Waals surface area contributed by atoms with Crippen LogP contribution >= 0.6 is 0 Å². The van der Waals surface area contributed by atoms with E-state index < -0.39 is 6.29 Å². The quantitative estimate of drug-likeness (QED) is 0.488. The summed E-state index contributed by atoms with van der Waals surface area (Å²) in [7, 11) is 0. The summed E-state index contributed by atoms with van der Waals surface area (Å²) in [6.45, 7) is 4.79. The smallest absolute Gasteiger partial charge is 0.288 e. The van der Waals surface area contributed by atoms with E-state index in [9.17, 15) is 4.79 Å². The summed E-state index contributed by atoms with van der Waals surface area (Å²) in [5.41, 5.74) is 2.28. The van der Waals surface area contributed by atoms with Crippen LogP contribution in [-0.4, -0.2) is 86.5 Å².